The fraction of sp³-hybridized carbons (Fsp3) is 0.133. The van der Waals surface area contributed by atoms with E-state index in [4.69, 9.17) is 4.74 Å². The predicted molar refractivity (Wildman–Crippen MR) is 68.0 cm³/mol. The Morgan fingerprint density at radius 1 is 1.06 bits per heavy atom. The minimum atomic E-state index is -0.264. The molecule has 1 atom stereocenters. The molecule has 0 spiro atoms. The number of fused-ring (bicyclic) bond motifs is 1. The third-order valence-corrected chi connectivity index (χ3v) is 3.02. The summed E-state index contributed by atoms with van der Waals surface area (Å²) in [5.74, 6) is 0.329. The molecule has 1 aliphatic rings. The van der Waals surface area contributed by atoms with Gasteiger partial charge in [-0.3, -0.25) is 0 Å². The van der Waals surface area contributed by atoms with Gasteiger partial charge in [-0.15, -0.1) is 0 Å². The SMILES string of the molecule is CC1Oc2cccc(F)c2C=[N+]1c1ccccc1. The highest BCUT2D eigenvalue weighted by Crippen LogP contribution is 2.27. The number of ether oxygens (including phenoxy) is 1. The summed E-state index contributed by atoms with van der Waals surface area (Å²) in [7, 11) is 0. The molecule has 0 bridgehead atoms. The van der Waals surface area contributed by atoms with E-state index >= 15 is 0 Å². The molecule has 0 radical (unpaired) electrons. The van der Waals surface area contributed by atoms with Crippen molar-refractivity contribution in [2.45, 2.75) is 13.2 Å². The van der Waals surface area contributed by atoms with E-state index in [1.54, 1.807) is 18.3 Å². The van der Waals surface area contributed by atoms with Gasteiger partial charge in [0, 0.05) is 19.1 Å². The molecule has 0 aliphatic carbocycles. The van der Waals surface area contributed by atoms with Crippen LogP contribution >= 0.6 is 0 Å². The highest BCUT2D eigenvalue weighted by molar-refractivity contribution is 5.81. The molecule has 0 fully saturated rings. The second-order valence-electron chi connectivity index (χ2n) is 4.24. The van der Waals surface area contributed by atoms with Crippen molar-refractivity contribution in [3.8, 4) is 5.75 Å². The van der Waals surface area contributed by atoms with Gasteiger partial charge in [0.15, 0.2) is 6.21 Å². The zero-order chi connectivity index (χ0) is 12.5. The van der Waals surface area contributed by atoms with Crippen molar-refractivity contribution in [3.63, 3.8) is 0 Å². The topological polar surface area (TPSA) is 12.2 Å². The van der Waals surface area contributed by atoms with E-state index in [-0.39, 0.29) is 12.0 Å². The largest absolute Gasteiger partial charge is 0.433 e. The van der Waals surface area contributed by atoms with Crippen LogP contribution in [-0.4, -0.2) is 17.0 Å². The first-order valence-corrected chi connectivity index (χ1v) is 5.89. The zero-order valence-electron chi connectivity index (χ0n) is 10.0. The van der Waals surface area contributed by atoms with E-state index in [1.807, 2.05) is 41.8 Å². The normalized spacial score (nSPS) is 17.7. The summed E-state index contributed by atoms with van der Waals surface area (Å²) in [4.78, 5) is 0. The van der Waals surface area contributed by atoms with Gasteiger partial charge in [-0.05, 0) is 12.1 Å². The van der Waals surface area contributed by atoms with Gasteiger partial charge in [-0.25, -0.2) is 4.39 Å². The molecule has 2 nitrogen and oxygen atoms in total. The van der Waals surface area contributed by atoms with Crippen LogP contribution in [0.4, 0.5) is 10.1 Å². The molecular formula is C15H13FNO+. The van der Waals surface area contributed by atoms with Crippen LogP contribution in [0.15, 0.2) is 48.5 Å². The van der Waals surface area contributed by atoms with E-state index in [2.05, 4.69) is 0 Å². The van der Waals surface area contributed by atoms with Crippen LogP contribution in [-0.2, 0) is 0 Å². The first-order chi connectivity index (χ1) is 8.75. The van der Waals surface area contributed by atoms with E-state index in [9.17, 15) is 4.39 Å². The Morgan fingerprint density at radius 3 is 2.61 bits per heavy atom. The van der Waals surface area contributed by atoms with Crippen molar-refractivity contribution in [3.05, 3.63) is 59.9 Å². The quantitative estimate of drug-likeness (QED) is 0.699. The molecule has 1 aliphatic heterocycles. The lowest BCUT2D eigenvalue weighted by Crippen LogP contribution is -2.31. The van der Waals surface area contributed by atoms with Crippen LogP contribution in [0.3, 0.4) is 0 Å². The molecule has 2 aromatic rings. The van der Waals surface area contributed by atoms with Crippen LogP contribution in [0.1, 0.15) is 12.5 Å². The molecule has 90 valence electrons. The molecule has 0 amide bonds. The summed E-state index contributed by atoms with van der Waals surface area (Å²) in [5.41, 5.74) is 1.48. The van der Waals surface area contributed by atoms with Crippen molar-refractivity contribution >= 4 is 11.9 Å². The highest BCUT2D eigenvalue weighted by Gasteiger charge is 2.27. The average Bonchev–Trinajstić information content (AvgIpc) is 2.39. The van der Waals surface area contributed by atoms with Crippen LogP contribution in [0.5, 0.6) is 5.75 Å². The van der Waals surface area contributed by atoms with Crippen molar-refractivity contribution in [2.24, 2.45) is 0 Å². The summed E-state index contributed by atoms with van der Waals surface area (Å²) in [6.45, 7) is 1.94. The standard InChI is InChI=1S/C15H13FNO/c1-11-17(12-6-3-2-4-7-12)10-13-14(16)8-5-9-15(13)18-11/h2-11H,1H3/q+1. The minimum Gasteiger partial charge on any atom is -0.433 e. The van der Waals surface area contributed by atoms with Gasteiger partial charge in [0.1, 0.15) is 17.1 Å². The monoisotopic (exact) mass is 242 g/mol. The smallest absolute Gasteiger partial charge is 0.299 e. The van der Waals surface area contributed by atoms with E-state index in [0.29, 0.717) is 11.3 Å². The first-order valence-electron chi connectivity index (χ1n) is 5.89. The maximum atomic E-state index is 13.7. The predicted octanol–water partition coefficient (Wildman–Crippen LogP) is 3.33. The van der Waals surface area contributed by atoms with E-state index < -0.39 is 0 Å². The summed E-state index contributed by atoms with van der Waals surface area (Å²) in [6.07, 6.45) is 1.65. The number of para-hydroxylation sites is 1. The Bertz CT molecular complexity index is 607. The highest BCUT2D eigenvalue weighted by atomic mass is 19.1. The van der Waals surface area contributed by atoms with Gasteiger partial charge in [0.2, 0.25) is 5.69 Å². The summed E-state index contributed by atoms with van der Waals surface area (Å²) >= 11 is 0. The number of benzene rings is 2. The molecule has 3 rings (SSSR count). The summed E-state index contributed by atoms with van der Waals surface area (Å²) < 4.78 is 21.4. The van der Waals surface area contributed by atoms with Gasteiger partial charge in [-0.2, -0.15) is 4.58 Å². The first kappa shape index (κ1) is 11.0. The molecule has 0 aromatic heterocycles. The second-order valence-corrected chi connectivity index (χ2v) is 4.24. The van der Waals surface area contributed by atoms with Gasteiger partial charge in [0.05, 0.1) is 0 Å². The molecule has 3 heteroatoms. The van der Waals surface area contributed by atoms with E-state index in [0.717, 1.165) is 5.69 Å². The summed E-state index contributed by atoms with van der Waals surface area (Å²) in [6, 6.07) is 14.7. The molecule has 0 saturated heterocycles. The second kappa shape index (κ2) is 4.26. The fourth-order valence-electron chi connectivity index (χ4n) is 2.11. The van der Waals surface area contributed by atoms with Crippen molar-refractivity contribution < 1.29 is 13.7 Å². The Morgan fingerprint density at radius 2 is 1.83 bits per heavy atom. The Kier molecular flexibility index (Phi) is 2.59. The Labute approximate surface area is 105 Å². The van der Waals surface area contributed by atoms with E-state index in [1.165, 1.54) is 6.07 Å². The van der Waals surface area contributed by atoms with Crippen LogP contribution in [0.2, 0.25) is 0 Å². The third-order valence-electron chi connectivity index (χ3n) is 3.02. The maximum Gasteiger partial charge on any atom is 0.299 e. The number of halogens is 1. The molecule has 18 heavy (non-hydrogen) atoms. The van der Waals surface area contributed by atoms with Crippen molar-refractivity contribution in [2.75, 3.05) is 0 Å². The van der Waals surface area contributed by atoms with Gasteiger partial charge in [0.25, 0.3) is 6.23 Å². The minimum absolute atomic E-state index is 0.151. The molecule has 0 saturated carbocycles. The lowest BCUT2D eigenvalue weighted by atomic mass is 10.1. The van der Waals surface area contributed by atoms with Gasteiger partial charge in [-0.1, -0.05) is 24.3 Å². The number of nitrogens with zero attached hydrogens (tertiary/aromatic N) is 1. The van der Waals surface area contributed by atoms with Gasteiger partial charge >= 0.3 is 0 Å². The molecule has 0 N–H and O–H groups in total. The third kappa shape index (κ3) is 1.78. The maximum absolute atomic E-state index is 13.7. The molecule has 2 aromatic carbocycles. The zero-order valence-corrected chi connectivity index (χ0v) is 10.0. The lowest BCUT2D eigenvalue weighted by molar-refractivity contribution is -0.522. The number of hydrogen-bond donors (Lipinski definition) is 0. The van der Waals surface area contributed by atoms with Crippen LogP contribution < -0.4 is 4.74 Å². The van der Waals surface area contributed by atoms with Crippen LogP contribution in [0, 0.1) is 5.82 Å². The number of rotatable bonds is 1. The van der Waals surface area contributed by atoms with Crippen molar-refractivity contribution in [1.82, 2.24) is 0 Å². The average molecular weight is 242 g/mol. The summed E-state index contributed by atoms with van der Waals surface area (Å²) in [5, 5.41) is 0. The van der Waals surface area contributed by atoms with Crippen molar-refractivity contribution in [1.29, 1.82) is 0 Å². The number of hydrogen-bond acceptors (Lipinski definition) is 1. The molecule has 1 heterocycles. The van der Waals surface area contributed by atoms with Gasteiger partial charge < -0.3 is 4.74 Å². The molecular weight excluding hydrogens is 229 g/mol. The van der Waals surface area contributed by atoms with Crippen LogP contribution in [0.25, 0.3) is 0 Å². The lowest BCUT2D eigenvalue weighted by Gasteiger charge is -2.19. The Hall–Kier alpha value is -2.16. The fourth-order valence-corrected chi connectivity index (χ4v) is 2.11. The molecule has 1 unspecified atom stereocenters. The Balaban J connectivity index is 2.14.